The van der Waals surface area contributed by atoms with Gasteiger partial charge in [-0.2, -0.15) is 0 Å². The van der Waals surface area contributed by atoms with Crippen molar-refractivity contribution in [3.8, 4) is 5.75 Å². The van der Waals surface area contributed by atoms with Crippen molar-refractivity contribution in [2.24, 2.45) is 0 Å². The van der Waals surface area contributed by atoms with Crippen LogP contribution in [0, 0.1) is 11.6 Å². The van der Waals surface area contributed by atoms with Crippen LogP contribution in [0.25, 0.3) is 0 Å². The van der Waals surface area contributed by atoms with Gasteiger partial charge in [0.05, 0.1) is 7.11 Å². The number of hydrogen-bond acceptors (Lipinski definition) is 2. The van der Waals surface area contributed by atoms with Gasteiger partial charge in [0, 0.05) is 23.7 Å². The van der Waals surface area contributed by atoms with E-state index in [9.17, 15) is 8.78 Å². The van der Waals surface area contributed by atoms with Gasteiger partial charge in [0.15, 0.2) is 0 Å². The van der Waals surface area contributed by atoms with E-state index in [1.54, 1.807) is 0 Å². The summed E-state index contributed by atoms with van der Waals surface area (Å²) in [6.07, 6.45) is 0.658. The molecule has 108 valence electrons. The first-order valence-electron chi connectivity index (χ1n) is 6.55. The summed E-state index contributed by atoms with van der Waals surface area (Å²) >= 11 is 0. The van der Waals surface area contributed by atoms with Gasteiger partial charge in [0.25, 0.3) is 0 Å². The number of methoxy groups -OCH3 is 1. The first-order chi connectivity index (χ1) is 8.77. The van der Waals surface area contributed by atoms with Gasteiger partial charge in [-0.1, -0.05) is 27.7 Å². The molecule has 1 N–H and O–H groups in total. The third kappa shape index (κ3) is 4.16. The molecular weight excluding hydrogens is 248 g/mol. The van der Waals surface area contributed by atoms with Crippen LogP contribution >= 0.6 is 0 Å². The smallest absolute Gasteiger partial charge is 0.133 e. The third-order valence-corrected chi connectivity index (χ3v) is 3.23. The topological polar surface area (TPSA) is 21.3 Å². The van der Waals surface area contributed by atoms with Crippen LogP contribution in [-0.4, -0.2) is 19.7 Å². The third-order valence-electron chi connectivity index (χ3n) is 3.23. The van der Waals surface area contributed by atoms with E-state index in [0.717, 1.165) is 6.54 Å². The summed E-state index contributed by atoms with van der Waals surface area (Å²) in [6.45, 7) is 8.50. The Bertz CT molecular complexity index is 407. The van der Waals surface area contributed by atoms with Gasteiger partial charge in [0.2, 0.25) is 0 Å². The van der Waals surface area contributed by atoms with E-state index in [4.69, 9.17) is 4.74 Å². The Morgan fingerprint density at radius 3 is 2.16 bits per heavy atom. The molecule has 0 fully saturated rings. The minimum absolute atomic E-state index is 0.124. The van der Waals surface area contributed by atoms with E-state index in [0.29, 0.717) is 12.5 Å². The molecule has 0 aliphatic heterocycles. The molecule has 2 nitrogen and oxygen atoms in total. The molecule has 0 aliphatic rings. The molecule has 0 bridgehead atoms. The minimum atomic E-state index is -0.567. The van der Waals surface area contributed by atoms with Crippen LogP contribution < -0.4 is 10.1 Å². The normalized spacial score (nSPS) is 12.0. The summed E-state index contributed by atoms with van der Waals surface area (Å²) in [5, 5.41) is 3.26. The molecule has 4 heteroatoms. The fourth-order valence-corrected chi connectivity index (χ4v) is 2.11. The van der Waals surface area contributed by atoms with E-state index >= 15 is 0 Å². The SMILES string of the molecule is COc1cc(F)c(C(C)(C)CCNC(C)C)c(F)c1. The van der Waals surface area contributed by atoms with Crippen molar-refractivity contribution in [3.63, 3.8) is 0 Å². The molecule has 0 unspecified atom stereocenters. The summed E-state index contributed by atoms with van der Waals surface area (Å²) < 4.78 is 32.9. The fourth-order valence-electron chi connectivity index (χ4n) is 2.11. The molecule has 1 rings (SSSR count). The predicted molar refractivity (Wildman–Crippen MR) is 73.7 cm³/mol. The Morgan fingerprint density at radius 2 is 1.74 bits per heavy atom. The Labute approximate surface area is 114 Å². The molecule has 0 aliphatic carbocycles. The lowest BCUT2D eigenvalue weighted by molar-refractivity contribution is 0.383. The highest BCUT2D eigenvalue weighted by Gasteiger charge is 2.28. The highest BCUT2D eigenvalue weighted by molar-refractivity contribution is 5.34. The van der Waals surface area contributed by atoms with Gasteiger partial charge in [-0.25, -0.2) is 8.78 Å². The quantitative estimate of drug-likeness (QED) is 0.853. The highest BCUT2D eigenvalue weighted by atomic mass is 19.1. The van der Waals surface area contributed by atoms with Crippen LogP contribution in [0.2, 0.25) is 0 Å². The van der Waals surface area contributed by atoms with Gasteiger partial charge >= 0.3 is 0 Å². The monoisotopic (exact) mass is 271 g/mol. The largest absolute Gasteiger partial charge is 0.497 e. The summed E-state index contributed by atoms with van der Waals surface area (Å²) in [5.41, 5.74) is -0.443. The lowest BCUT2D eigenvalue weighted by Crippen LogP contribution is -2.30. The second kappa shape index (κ2) is 6.33. The van der Waals surface area contributed by atoms with Gasteiger partial charge in [-0.05, 0) is 18.4 Å². The van der Waals surface area contributed by atoms with Crippen LogP contribution in [0.5, 0.6) is 5.75 Å². The highest BCUT2D eigenvalue weighted by Crippen LogP contribution is 2.33. The molecule has 0 radical (unpaired) electrons. The second-order valence-electron chi connectivity index (χ2n) is 5.71. The molecule has 1 aromatic carbocycles. The van der Waals surface area contributed by atoms with Gasteiger partial charge in [0.1, 0.15) is 17.4 Å². The van der Waals surface area contributed by atoms with E-state index in [2.05, 4.69) is 5.32 Å². The lowest BCUT2D eigenvalue weighted by atomic mass is 9.80. The Hall–Kier alpha value is -1.16. The standard InChI is InChI=1S/C15H23F2NO/c1-10(2)18-7-6-15(3,4)14-12(16)8-11(19-5)9-13(14)17/h8-10,18H,6-7H2,1-5H3. The van der Waals surface area contributed by atoms with Crippen molar-refractivity contribution in [2.75, 3.05) is 13.7 Å². The molecule has 0 atom stereocenters. The van der Waals surface area contributed by atoms with Crippen molar-refractivity contribution in [1.29, 1.82) is 0 Å². The zero-order valence-electron chi connectivity index (χ0n) is 12.3. The van der Waals surface area contributed by atoms with Crippen molar-refractivity contribution in [1.82, 2.24) is 5.32 Å². The number of rotatable bonds is 6. The number of hydrogen-bond donors (Lipinski definition) is 1. The van der Waals surface area contributed by atoms with Gasteiger partial charge in [-0.3, -0.25) is 0 Å². The Morgan fingerprint density at radius 1 is 1.21 bits per heavy atom. The zero-order chi connectivity index (χ0) is 14.6. The Kier molecular flexibility index (Phi) is 5.29. The van der Waals surface area contributed by atoms with Crippen LogP contribution in [-0.2, 0) is 5.41 Å². The molecular formula is C15H23F2NO. The van der Waals surface area contributed by atoms with E-state index in [1.165, 1.54) is 19.2 Å². The van der Waals surface area contributed by atoms with Crippen molar-refractivity contribution in [2.45, 2.75) is 45.6 Å². The molecule has 0 heterocycles. The fraction of sp³-hybridized carbons (Fsp3) is 0.600. The summed E-state index contributed by atoms with van der Waals surface area (Å²) in [6, 6.07) is 2.83. The number of ether oxygens (including phenoxy) is 1. The van der Waals surface area contributed by atoms with Gasteiger partial charge < -0.3 is 10.1 Å². The molecule has 0 amide bonds. The minimum Gasteiger partial charge on any atom is -0.497 e. The van der Waals surface area contributed by atoms with E-state index in [1.807, 2.05) is 27.7 Å². The van der Waals surface area contributed by atoms with Crippen LogP contribution in [0.4, 0.5) is 8.78 Å². The summed E-state index contributed by atoms with van der Waals surface area (Å²) in [7, 11) is 1.39. The molecule has 0 aromatic heterocycles. The second-order valence-corrected chi connectivity index (χ2v) is 5.71. The average Bonchev–Trinajstić information content (AvgIpc) is 2.26. The van der Waals surface area contributed by atoms with Gasteiger partial charge in [-0.15, -0.1) is 0 Å². The first kappa shape index (κ1) is 15.9. The lowest BCUT2D eigenvalue weighted by Gasteiger charge is -2.27. The molecule has 0 saturated carbocycles. The molecule has 0 saturated heterocycles. The zero-order valence-corrected chi connectivity index (χ0v) is 12.3. The van der Waals surface area contributed by atoms with Crippen molar-refractivity contribution in [3.05, 3.63) is 29.3 Å². The number of halogens is 2. The van der Waals surface area contributed by atoms with E-state index < -0.39 is 17.0 Å². The summed E-state index contributed by atoms with van der Waals surface area (Å²) in [5.74, 6) is -0.896. The van der Waals surface area contributed by atoms with Crippen molar-refractivity contribution >= 4 is 0 Å². The maximum atomic E-state index is 14.0. The molecule has 19 heavy (non-hydrogen) atoms. The van der Waals surface area contributed by atoms with E-state index in [-0.39, 0.29) is 11.3 Å². The average molecular weight is 271 g/mol. The molecule has 1 aromatic rings. The summed E-state index contributed by atoms with van der Waals surface area (Å²) in [4.78, 5) is 0. The van der Waals surface area contributed by atoms with Crippen LogP contribution in [0.1, 0.15) is 39.7 Å². The van der Waals surface area contributed by atoms with Crippen LogP contribution in [0.3, 0.4) is 0 Å². The van der Waals surface area contributed by atoms with Crippen molar-refractivity contribution < 1.29 is 13.5 Å². The molecule has 0 spiro atoms. The number of nitrogens with one attached hydrogen (secondary N) is 1. The predicted octanol–water partition coefficient (Wildman–Crippen LogP) is 3.64. The maximum Gasteiger partial charge on any atom is 0.133 e. The number of benzene rings is 1. The first-order valence-corrected chi connectivity index (χ1v) is 6.55. The Balaban J connectivity index is 2.94. The van der Waals surface area contributed by atoms with Crippen LogP contribution in [0.15, 0.2) is 12.1 Å². The maximum absolute atomic E-state index is 14.0.